The maximum atomic E-state index is 5.32. The van der Waals surface area contributed by atoms with Crippen LogP contribution in [0.5, 0.6) is 0 Å². The lowest BCUT2D eigenvalue weighted by Crippen LogP contribution is -2.44. The van der Waals surface area contributed by atoms with Gasteiger partial charge in [-0.2, -0.15) is 0 Å². The Hall–Kier alpha value is -0.380. The van der Waals surface area contributed by atoms with E-state index in [1.54, 1.807) is 0 Å². The molecule has 1 aliphatic rings. The molecule has 0 aromatic heterocycles. The van der Waals surface area contributed by atoms with Crippen LogP contribution in [0.4, 0.5) is 0 Å². The largest absolute Gasteiger partial charge is 0.379 e. The van der Waals surface area contributed by atoms with Gasteiger partial charge in [-0.05, 0) is 26.3 Å². The van der Waals surface area contributed by atoms with E-state index in [1.807, 2.05) is 6.08 Å². The third kappa shape index (κ3) is 5.92. The number of allylic oxidation sites excluding steroid dienone is 1. The second-order valence-corrected chi connectivity index (χ2v) is 4.20. The molecular weight excluding hydrogens is 188 g/mol. The summed E-state index contributed by atoms with van der Waals surface area (Å²) in [6, 6.07) is 0.577. The summed E-state index contributed by atoms with van der Waals surface area (Å²) in [5.41, 5.74) is 0. The molecular formula is C12H24N2O. The van der Waals surface area contributed by atoms with Crippen LogP contribution in [0, 0.1) is 0 Å². The molecule has 1 atom stereocenters. The summed E-state index contributed by atoms with van der Waals surface area (Å²) in [5, 5.41) is 3.53. The fourth-order valence-electron chi connectivity index (χ4n) is 1.83. The van der Waals surface area contributed by atoms with Crippen LogP contribution in [0.3, 0.4) is 0 Å². The highest BCUT2D eigenvalue weighted by atomic mass is 16.5. The van der Waals surface area contributed by atoms with Crippen LogP contribution in [-0.2, 0) is 4.74 Å². The van der Waals surface area contributed by atoms with Crippen molar-refractivity contribution in [3.63, 3.8) is 0 Å². The summed E-state index contributed by atoms with van der Waals surface area (Å²) >= 11 is 0. The molecule has 0 bridgehead atoms. The van der Waals surface area contributed by atoms with Crippen molar-refractivity contribution in [2.75, 3.05) is 39.4 Å². The van der Waals surface area contributed by atoms with Gasteiger partial charge >= 0.3 is 0 Å². The van der Waals surface area contributed by atoms with Crippen molar-refractivity contribution < 1.29 is 4.74 Å². The third-order valence-electron chi connectivity index (χ3n) is 2.71. The number of rotatable bonds is 7. The van der Waals surface area contributed by atoms with Gasteiger partial charge in [-0.25, -0.2) is 0 Å². The first-order valence-electron chi connectivity index (χ1n) is 5.97. The maximum Gasteiger partial charge on any atom is 0.0594 e. The van der Waals surface area contributed by atoms with E-state index in [0.717, 1.165) is 45.8 Å². The molecule has 3 nitrogen and oxygen atoms in total. The number of morpholine rings is 1. The molecule has 0 aromatic rings. The van der Waals surface area contributed by atoms with Crippen LogP contribution in [0.1, 0.15) is 19.8 Å². The van der Waals surface area contributed by atoms with E-state index < -0.39 is 0 Å². The van der Waals surface area contributed by atoms with Crippen LogP contribution >= 0.6 is 0 Å². The van der Waals surface area contributed by atoms with E-state index in [4.69, 9.17) is 4.74 Å². The molecule has 15 heavy (non-hydrogen) atoms. The average Bonchev–Trinajstić information content (AvgIpc) is 2.26. The summed E-state index contributed by atoms with van der Waals surface area (Å²) < 4.78 is 5.32. The van der Waals surface area contributed by atoms with Crippen LogP contribution in [-0.4, -0.2) is 50.3 Å². The number of hydrogen-bond acceptors (Lipinski definition) is 3. The van der Waals surface area contributed by atoms with E-state index >= 15 is 0 Å². The van der Waals surface area contributed by atoms with Crippen molar-refractivity contribution in [1.82, 2.24) is 10.2 Å². The molecule has 0 amide bonds. The Kier molecular flexibility index (Phi) is 6.64. The van der Waals surface area contributed by atoms with Gasteiger partial charge in [0.2, 0.25) is 0 Å². The van der Waals surface area contributed by atoms with Gasteiger partial charge in [-0.15, -0.1) is 6.58 Å². The summed E-state index contributed by atoms with van der Waals surface area (Å²) in [4.78, 5) is 2.47. The van der Waals surface area contributed by atoms with E-state index in [2.05, 4.69) is 23.7 Å². The molecule has 1 N–H and O–H groups in total. The average molecular weight is 212 g/mol. The SMILES string of the molecule is C=CCCCNC(C)CN1CCOCC1. The van der Waals surface area contributed by atoms with Gasteiger partial charge < -0.3 is 10.1 Å². The molecule has 1 aliphatic heterocycles. The first-order chi connectivity index (χ1) is 7.33. The van der Waals surface area contributed by atoms with Crippen molar-refractivity contribution >= 4 is 0 Å². The van der Waals surface area contributed by atoms with Crippen molar-refractivity contribution in [2.45, 2.75) is 25.8 Å². The lowest BCUT2D eigenvalue weighted by atomic mass is 10.2. The lowest BCUT2D eigenvalue weighted by molar-refractivity contribution is 0.0344. The smallest absolute Gasteiger partial charge is 0.0594 e. The second-order valence-electron chi connectivity index (χ2n) is 4.20. The molecule has 1 fully saturated rings. The highest BCUT2D eigenvalue weighted by molar-refractivity contribution is 4.71. The van der Waals surface area contributed by atoms with Gasteiger partial charge in [0, 0.05) is 25.7 Å². The monoisotopic (exact) mass is 212 g/mol. The zero-order chi connectivity index (χ0) is 10.9. The van der Waals surface area contributed by atoms with Crippen LogP contribution < -0.4 is 5.32 Å². The zero-order valence-electron chi connectivity index (χ0n) is 9.87. The van der Waals surface area contributed by atoms with Crippen LogP contribution in [0.2, 0.25) is 0 Å². The number of hydrogen-bond donors (Lipinski definition) is 1. The molecule has 1 heterocycles. The van der Waals surface area contributed by atoms with Gasteiger partial charge in [-0.3, -0.25) is 4.90 Å². The van der Waals surface area contributed by atoms with Crippen molar-refractivity contribution in [3.05, 3.63) is 12.7 Å². The molecule has 0 saturated carbocycles. The maximum absolute atomic E-state index is 5.32. The Labute approximate surface area is 93.5 Å². The Morgan fingerprint density at radius 2 is 2.20 bits per heavy atom. The molecule has 1 rings (SSSR count). The molecule has 1 saturated heterocycles. The molecule has 0 spiro atoms. The van der Waals surface area contributed by atoms with Crippen LogP contribution in [0.15, 0.2) is 12.7 Å². The van der Waals surface area contributed by atoms with Gasteiger partial charge in [-0.1, -0.05) is 6.08 Å². The fourth-order valence-corrected chi connectivity index (χ4v) is 1.83. The third-order valence-corrected chi connectivity index (χ3v) is 2.71. The Morgan fingerprint density at radius 3 is 2.87 bits per heavy atom. The first-order valence-corrected chi connectivity index (χ1v) is 5.97. The number of nitrogens with one attached hydrogen (secondary N) is 1. The second kappa shape index (κ2) is 7.85. The molecule has 0 aromatic carbocycles. The first kappa shape index (κ1) is 12.7. The van der Waals surface area contributed by atoms with Crippen molar-refractivity contribution in [3.8, 4) is 0 Å². The van der Waals surface area contributed by atoms with E-state index in [1.165, 1.54) is 6.42 Å². The van der Waals surface area contributed by atoms with Gasteiger partial charge in [0.1, 0.15) is 0 Å². The van der Waals surface area contributed by atoms with Crippen molar-refractivity contribution in [1.29, 1.82) is 0 Å². The normalized spacial score (nSPS) is 20.1. The summed E-state index contributed by atoms with van der Waals surface area (Å²) in [7, 11) is 0. The minimum absolute atomic E-state index is 0.577. The predicted molar refractivity (Wildman–Crippen MR) is 64.2 cm³/mol. The molecule has 3 heteroatoms. The van der Waals surface area contributed by atoms with Gasteiger partial charge in [0.05, 0.1) is 13.2 Å². The van der Waals surface area contributed by atoms with Gasteiger partial charge in [0.15, 0.2) is 0 Å². The Balaban J connectivity index is 2.01. The van der Waals surface area contributed by atoms with Gasteiger partial charge in [0.25, 0.3) is 0 Å². The molecule has 1 unspecified atom stereocenters. The summed E-state index contributed by atoms with van der Waals surface area (Å²) in [6.07, 6.45) is 4.28. The number of nitrogens with zero attached hydrogens (tertiary/aromatic N) is 1. The topological polar surface area (TPSA) is 24.5 Å². The Morgan fingerprint density at radius 1 is 1.47 bits per heavy atom. The fraction of sp³-hybridized carbons (Fsp3) is 0.833. The quantitative estimate of drug-likeness (QED) is 0.508. The standard InChI is InChI=1S/C12H24N2O/c1-3-4-5-6-13-12(2)11-14-7-9-15-10-8-14/h3,12-13H,1,4-11H2,2H3. The minimum atomic E-state index is 0.577. The predicted octanol–water partition coefficient (Wildman–Crippen LogP) is 1.26. The highest BCUT2D eigenvalue weighted by Gasteiger charge is 2.12. The van der Waals surface area contributed by atoms with E-state index in [0.29, 0.717) is 6.04 Å². The van der Waals surface area contributed by atoms with Crippen molar-refractivity contribution in [2.24, 2.45) is 0 Å². The molecule has 0 aliphatic carbocycles. The Bertz CT molecular complexity index is 167. The summed E-state index contributed by atoms with van der Waals surface area (Å²) in [5.74, 6) is 0. The molecule has 0 radical (unpaired) electrons. The van der Waals surface area contributed by atoms with Crippen LogP contribution in [0.25, 0.3) is 0 Å². The van der Waals surface area contributed by atoms with E-state index in [-0.39, 0.29) is 0 Å². The zero-order valence-corrected chi connectivity index (χ0v) is 9.87. The summed E-state index contributed by atoms with van der Waals surface area (Å²) in [6.45, 7) is 12.2. The highest BCUT2D eigenvalue weighted by Crippen LogP contribution is 1.98. The van der Waals surface area contributed by atoms with E-state index in [9.17, 15) is 0 Å². The number of unbranched alkanes of at least 4 members (excludes halogenated alkanes) is 1. The molecule has 88 valence electrons. The number of ether oxygens (including phenoxy) is 1. The minimum Gasteiger partial charge on any atom is -0.379 e. The lowest BCUT2D eigenvalue weighted by Gasteiger charge is -2.29.